The lowest BCUT2D eigenvalue weighted by Gasteiger charge is -2.25. The zero-order valence-corrected chi connectivity index (χ0v) is 13.9. The first kappa shape index (κ1) is 17.6. The third-order valence-electron chi connectivity index (χ3n) is 3.33. The molecule has 0 saturated carbocycles. The zero-order chi connectivity index (χ0) is 15.8. The Balaban J connectivity index is 2.60. The fourth-order valence-corrected chi connectivity index (χ4v) is 2.36. The van der Waals surface area contributed by atoms with E-state index < -0.39 is 0 Å². The van der Waals surface area contributed by atoms with Crippen molar-refractivity contribution in [1.29, 1.82) is 0 Å². The van der Waals surface area contributed by atoms with Crippen molar-refractivity contribution in [2.75, 3.05) is 18.4 Å². The van der Waals surface area contributed by atoms with Crippen molar-refractivity contribution < 1.29 is 4.79 Å². The van der Waals surface area contributed by atoms with Crippen molar-refractivity contribution >= 4 is 28.8 Å². The first-order chi connectivity index (χ1) is 9.95. The van der Waals surface area contributed by atoms with Crippen LogP contribution in [-0.4, -0.2) is 34.9 Å². The van der Waals surface area contributed by atoms with Crippen molar-refractivity contribution in [2.45, 2.75) is 39.7 Å². The number of nitrogens with one attached hydrogen (secondary N) is 1. The third-order valence-corrected chi connectivity index (χ3v) is 3.55. The van der Waals surface area contributed by atoms with Crippen LogP contribution >= 0.6 is 12.2 Å². The second-order valence-electron chi connectivity index (χ2n) is 5.34. The molecule has 0 atom stereocenters. The highest BCUT2D eigenvalue weighted by Gasteiger charge is 2.12. The van der Waals surface area contributed by atoms with E-state index in [2.05, 4.69) is 31.0 Å². The molecule has 1 amide bonds. The number of nitrogens with zero attached hydrogens (tertiary/aromatic N) is 1. The molecule has 1 aromatic carbocycles. The minimum absolute atomic E-state index is 0.0135. The number of carbonyl (C=O) groups excluding carboxylic acids is 1. The highest BCUT2D eigenvalue weighted by atomic mass is 32.1. The average Bonchev–Trinajstić information content (AvgIpc) is 2.43. The molecule has 116 valence electrons. The van der Waals surface area contributed by atoms with Gasteiger partial charge in [0.1, 0.15) is 4.99 Å². The van der Waals surface area contributed by atoms with Crippen molar-refractivity contribution in [2.24, 2.45) is 5.73 Å². The number of benzene rings is 1. The molecule has 4 nitrogen and oxygen atoms in total. The summed E-state index contributed by atoms with van der Waals surface area (Å²) in [4.78, 5) is 14.7. The van der Waals surface area contributed by atoms with Gasteiger partial charge in [-0.15, -0.1) is 0 Å². The molecule has 0 aliphatic carbocycles. The lowest BCUT2D eigenvalue weighted by molar-refractivity contribution is -0.116. The summed E-state index contributed by atoms with van der Waals surface area (Å²) in [6.07, 6.45) is 1.55. The maximum Gasteiger partial charge on any atom is 0.225 e. The second kappa shape index (κ2) is 8.74. The number of hydrogen-bond donors (Lipinski definition) is 2. The van der Waals surface area contributed by atoms with Gasteiger partial charge in [0, 0.05) is 24.6 Å². The van der Waals surface area contributed by atoms with Crippen molar-refractivity contribution in [3.8, 4) is 0 Å². The smallest absolute Gasteiger partial charge is 0.225 e. The predicted molar refractivity (Wildman–Crippen MR) is 92.6 cm³/mol. The summed E-state index contributed by atoms with van der Waals surface area (Å²) < 4.78 is 0. The fraction of sp³-hybridized carbons (Fsp3) is 0.500. The van der Waals surface area contributed by atoms with E-state index in [0.717, 1.165) is 19.5 Å². The quantitative estimate of drug-likeness (QED) is 0.725. The molecule has 0 bridgehead atoms. The number of para-hydroxylation sites is 1. The van der Waals surface area contributed by atoms with Gasteiger partial charge in [-0.25, -0.2) is 0 Å². The van der Waals surface area contributed by atoms with Crippen LogP contribution in [0.25, 0.3) is 0 Å². The van der Waals surface area contributed by atoms with Crippen LogP contribution in [-0.2, 0) is 4.79 Å². The fourth-order valence-electron chi connectivity index (χ4n) is 2.18. The highest BCUT2D eigenvalue weighted by Crippen LogP contribution is 2.15. The molecular formula is C16H25N3OS. The molecule has 0 aliphatic rings. The summed E-state index contributed by atoms with van der Waals surface area (Å²) in [5.74, 6) is -0.0135. The van der Waals surface area contributed by atoms with E-state index in [-0.39, 0.29) is 5.91 Å². The Hall–Kier alpha value is -1.46. The van der Waals surface area contributed by atoms with Crippen molar-refractivity contribution in [1.82, 2.24) is 4.90 Å². The largest absolute Gasteiger partial charge is 0.389 e. The summed E-state index contributed by atoms with van der Waals surface area (Å²) in [5, 5.41) is 2.90. The number of hydrogen-bond acceptors (Lipinski definition) is 3. The van der Waals surface area contributed by atoms with Crippen molar-refractivity contribution in [3.05, 3.63) is 29.8 Å². The van der Waals surface area contributed by atoms with Crippen LogP contribution in [0.5, 0.6) is 0 Å². The van der Waals surface area contributed by atoms with Crippen LogP contribution in [0.15, 0.2) is 24.3 Å². The number of anilines is 1. The monoisotopic (exact) mass is 307 g/mol. The molecule has 0 radical (unpaired) electrons. The Morgan fingerprint density at radius 3 is 2.57 bits per heavy atom. The Bertz CT molecular complexity index is 488. The summed E-state index contributed by atoms with van der Waals surface area (Å²) in [6.45, 7) is 8.21. The van der Waals surface area contributed by atoms with Gasteiger partial charge in [0.25, 0.3) is 0 Å². The normalized spacial score (nSPS) is 10.9. The minimum Gasteiger partial charge on any atom is -0.389 e. The van der Waals surface area contributed by atoms with Crippen LogP contribution in [0.1, 0.15) is 39.2 Å². The summed E-state index contributed by atoms with van der Waals surface area (Å²) >= 11 is 5.00. The Morgan fingerprint density at radius 1 is 1.33 bits per heavy atom. The van der Waals surface area contributed by atoms with Crippen LogP contribution in [0.2, 0.25) is 0 Å². The first-order valence-electron chi connectivity index (χ1n) is 7.38. The molecule has 0 spiro atoms. The topological polar surface area (TPSA) is 58.4 Å². The summed E-state index contributed by atoms with van der Waals surface area (Å²) in [5.41, 5.74) is 7.05. The van der Waals surface area contributed by atoms with Gasteiger partial charge < -0.3 is 16.0 Å². The van der Waals surface area contributed by atoms with Crippen LogP contribution in [0.3, 0.4) is 0 Å². The molecule has 0 heterocycles. The minimum atomic E-state index is -0.0135. The van der Waals surface area contributed by atoms with E-state index in [1.54, 1.807) is 0 Å². The molecule has 3 N–H and O–H groups in total. The number of carbonyl (C=O) groups is 1. The number of amides is 1. The van der Waals surface area contributed by atoms with Gasteiger partial charge in [-0.2, -0.15) is 0 Å². The van der Waals surface area contributed by atoms with E-state index in [0.29, 0.717) is 28.7 Å². The molecule has 21 heavy (non-hydrogen) atoms. The average molecular weight is 307 g/mol. The molecule has 0 unspecified atom stereocenters. The molecule has 1 aromatic rings. The van der Waals surface area contributed by atoms with Crippen LogP contribution in [0.4, 0.5) is 5.69 Å². The molecule has 5 heteroatoms. The van der Waals surface area contributed by atoms with Crippen molar-refractivity contribution in [3.63, 3.8) is 0 Å². The Morgan fingerprint density at radius 2 is 2.00 bits per heavy atom. The standard InChI is InChI=1S/C16H25N3OS/c1-4-10-19(12(2)3)11-9-15(20)18-14-8-6-5-7-13(14)16(17)21/h5-8,12H,4,9-11H2,1-3H3,(H2,17,21)(H,18,20). The SMILES string of the molecule is CCCN(CCC(=O)Nc1ccccc1C(N)=S)C(C)C. The van der Waals surface area contributed by atoms with Gasteiger partial charge >= 0.3 is 0 Å². The lowest BCUT2D eigenvalue weighted by atomic mass is 10.1. The van der Waals surface area contributed by atoms with Gasteiger partial charge in [0.05, 0.1) is 5.69 Å². The van der Waals surface area contributed by atoms with Gasteiger partial charge in [0.15, 0.2) is 0 Å². The Kier molecular flexibility index (Phi) is 7.32. The summed E-state index contributed by atoms with van der Waals surface area (Å²) in [7, 11) is 0. The molecule has 0 aromatic heterocycles. The number of rotatable bonds is 8. The van der Waals surface area contributed by atoms with Gasteiger partial charge in [-0.05, 0) is 38.9 Å². The number of nitrogens with two attached hydrogens (primary N) is 1. The molecular weight excluding hydrogens is 282 g/mol. The maximum atomic E-state index is 12.1. The van der Waals surface area contributed by atoms with Crippen LogP contribution in [0, 0.1) is 0 Å². The van der Waals surface area contributed by atoms with Gasteiger partial charge in [-0.3, -0.25) is 4.79 Å². The predicted octanol–water partition coefficient (Wildman–Crippen LogP) is 2.77. The van der Waals surface area contributed by atoms with E-state index in [1.165, 1.54) is 0 Å². The lowest BCUT2D eigenvalue weighted by Crippen LogP contribution is -2.34. The Labute approximate surface area is 132 Å². The third kappa shape index (κ3) is 5.81. The molecule has 1 rings (SSSR count). The van der Waals surface area contributed by atoms with E-state index >= 15 is 0 Å². The van der Waals surface area contributed by atoms with Gasteiger partial charge in [-0.1, -0.05) is 31.3 Å². The molecule has 0 aliphatic heterocycles. The van der Waals surface area contributed by atoms with Crippen LogP contribution < -0.4 is 11.1 Å². The van der Waals surface area contributed by atoms with E-state index in [1.807, 2.05) is 24.3 Å². The zero-order valence-electron chi connectivity index (χ0n) is 13.1. The molecule has 0 fully saturated rings. The highest BCUT2D eigenvalue weighted by molar-refractivity contribution is 7.80. The van der Waals surface area contributed by atoms with E-state index in [9.17, 15) is 4.79 Å². The number of thiocarbonyl (C=S) groups is 1. The second-order valence-corrected chi connectivity index (χ2v) is 5.78. The first-order valence-corrected chi connectivity index (χ1v) is 7.79. The summed E-state index contributed by atoms with van der Waals surface area (Å²) in [6, 6.07) is 7.79. The van der Waals surface area contributed by atoms with Gasteiger partial charge in [0.2, 0.25) is 5.91 Å². The van der Waals surface area contributed by atoms with E-state index in [4.69, 9.17) is 18.0 Å². The molecule has 0 saturated heterocycles. The maximum absolute atomic E-state index is 12.1.